The molecule has 3 aromatic carbocycles. The van der Waals surface area contributed by atoms with Crippen LogP contribution in [0.25, 0.3) is 0 Å². The molecule has 0 bridgehead atoms. The van der Waals surface area contributed by atoms with E-state index >= 15 is 0 Å². The van der Waals surface area contributed by atoms with E-state index in [1.54, 1.807) is 38.1 Å². The Morgan fingerprint density at radius 3 is 2.33 bits per heavy atom. The molecule has 1 amide bonds. The zero-order valence-corrected chi connectivity index (χ0v) is 19.9. The van der Waals surface area contributed by atoms with Crippen molar-refractivity contribution in [3.63, 3.8) is 0 Å². The molecule has 1 N–H and O–H groups in total. The molecule has 0 heterocycles. The molecule has 0 unspecified atom stereocenters. The monoisotopic (exact) mass is 468 g/mol. The molecule has 0 aromatic heterocycles. The first-order chi connectivity index (χ1) is 15.7. The lowest BCUT2D eigenvalue weighted by Gasteiger charge is -2.24. The maximum absolute atomic E-state index is 13.6. The van der Waals surface area contributed by atoms with Crippen molar-refractivity contribution in [2.75, 3.05) is 13.1 Å². The third-order valence-electron chi connectivity index (χ3n) is 5.52. The van der Waals surface area contributed by atoms with Crippen LogP contribution in [0.3, 0.4) is 0 Å². The highest BCUT2D eigenvalue weighted by molar-refractivity contribution is 7.89. The van der Waals surface area contributed by atoms with Crippen LogP contribution in [-0.2, 0) is 21.2 Å². The third-order valence-corrected chi connectivity index (χ3v) is 7.51. The Hall–Kier alpha value is -3.03. The molecule has 0 fully saturated rings. The van der Waals surface area contributed by atoms with Crippen molar-refractivity contribution >= 4 is 15.9 Å². The molecule has 174 valence electrons. The van der Waals surface area contributed by atoms with Gasteiger partial charge in [0.2, 0.25) is 15.9 Å². The molecule has 1 atom stereocenters. The minimum Gasteiger partial charge on any atom is -0.348 e. The lowest BCUT2D eigenvalue weighted by Crippen LogP contribution is -2.42. The van der Waals surface area contributed by atoms with E-state index < -0.39 is 22.0 Å². The van der Waals surface area contributed by atoms with Crippen LogP contribution in [0, 0.1) is 19.7 Å². The number of carbonyl (C=O) groups excluding carboxylic acids is 1. The van der Waals surface area contributed by atoms with Crippen LogP contribution in [0.5, 0.6) is 0 Å². The quantitative estimate of drug-likeness (QED) is 0.501. The topological polar surface area (TPSA) is 66.5 Å². The second-order valence-corrected chi connectivity index (χ2v) is 10.1. The number of amides is 1. The van der Waals surface area contributed by atoms with E-state index in [2.05, 4.69) is 5.32 Å². The Bertz CT molecular complexity index is 1200. The molecule has 5 nitrogen and oxygen atoms in total. The molecule has 0 aliphatic carbocycles. The average molecular weight is 469 g/mol. The minimum atomic E-state index is -3.90. The predicted octanol–water partition coefficient (Wildman–Crippen LogP) is 4.55. The number of carbonyl (C=O) groups is 1. The van der Waals surface area contributed by atoms with Gasteiger partial charge in [0.05, 0.1) is 17.5 Å². The van der Waals surface area contributed by atoms with Crippen LogP contribution in [0.15, 0.2) is 77.7 Å². The van der Waals surface area contributed by atoms with Gasteiger partial charge in [-0.25, -0.2) is 12.8 Å². The smallest absolute Gasteiger partial charge is 0.243 e. The first-order valence-electron chi connectivity index (χ1n) is 10.8. The van der Waals surface area contributed by atoms with Gasteiger partial charge in [0.25, 0.3) is 0 Å². The van der Waals surface area contributed by atoms with Gasteiger partial charge in [-0.3, -0.25) is 4.79 Å². The molecule has 0 spiro atoms. The number of halogens is 1. The molecular formula is C26H29FN2O3S. The standard InChI is InChI=1S/C26H29FN2O3S/c1-19-9-10-20(2)25(17-19)33(31,32)29(16-15-22-7-5-4-6-8-22)18-26(30)28-21(3)23-11-13-24(27)14-12-23/h4-14,17,21H,15-16,18H2,1-3H3,(H,28,30)/t21-/m1/s1. The van der Waals surface area contributed by atoms with E-state index in [0.29, 0.717) is 12.0 Å². The Morgan fingerprint density at radius 1 is 1.00 bits per heavy atom. The van der Waals surface area contributed by atoms with Gasteiger partial charge in [-0.2, -0.15) is 4.31 Å². The van der Waals surface area contributed by atoms with E-state index in [-0.39, 0.29) is 23.8 Å². The summed E-state index contributed by atoms with van der Waals surface area (Å²) in [7, 11) is -3.90. The van der Waals surface area contributed by atoms with Crippen LogP contribution >= 0.6 is 0 Å². The summed E-state index contributed by atoms with van der Waals surface area (Å²) >= 11 is 0. The van der Waals surface area contributed by atoms with Crippen molar-refractivity contribution in [1.29, 1.82) is 0 Å². The van der Waals surface area contributed by atoms with Crippen molar-refractivity contribution in [1.82, 2.24) is 9.62 Å². The molecule has 3 rings (SSSR count). The first-order valence-corrected chi connectivity index (χ1v) is 12.3. The number of hydrogen-bond acceptors (Lipinski definition) is 3. The molecule has 7 heteroatoms. The number of hydrogen-bond donors (Lipinski definition) is 1. The van der Waals surface area contributed by atoms with Crippen LogP contribution in [0.1, 0.15) is 35.2 Å². The fourth-order valence-corrected chi connectivity index (χ4v) is 5.30. The lowest BCUT2D eigenvalue weighted by atomic mass is 10.1. The van der Waals surface area contributed by atoms with Crippen molar-refractivity contribution in [3.05, 3.63) is 101 Å². The van der Waals surface area contributed by atoms with Crippen LogP contribution < -0.4 is 5.32 Å². The van der Waals surface area contributed by atoms with Gasteiger partial charge in [0, 0.05) is 6.54 Å². The zero-order chi connectivity index (χ0) is 24.0. The van der Waals surface area contributed by atoms with Gasteiger partial charge >= 0.3 is 0 Å². The molecule has 0 saturated heterocycles. The Kier molecular flexibility index (Phi) is 8.00. The first kappa shape index (κ1) is 24.6. The summed E-state index contributed by atoms with van der Waals surface area (Å²) in [5.74, 6) is -0.780. The number of rotatable bonds is 9. The maximum atomic E-state index is 13.6. The Morgan fingerprint density at radius 2 is 1.67 bits per heavy atom. The molecule has 0 radical (unpaired) electrons. The Labute approximate surface area is 195 Å². The average Bonchev–Trinajstić information content (AvgIpc) is 2.79. The largest absolute Gasteiger partial charge is 0.348 e. The lowest BCUT2D eigenvalue weighted by molar-refractivity contribution is -0.121. The van der Waals surface area contributed by atoms with Crippen molar-refractivity contribution in [2.45, 2.75) is 38.1 Å². The third kappa shape index (κ3) is 6.49. The summed E-state index contributed by atoms with van der Waals surface area (Å²) < 4.78 is 41.6. The van der Waals surface area contributed by atoms with Gasteiger partial charge in [-0.05, 0) is 67.6 Å². The second-order valence-electron chi connectivity index (χ2n) is 8.18. The van der Waals surface area contributed by atoms with Crippen LogP contribution in [-0.4, -0.2) is 31.7 Å². The zero-order valence-electron chi connectivity index (χ0n) is 19.1. The number of aryl methyl sites for hydroxylation is 2. The molecule has 3 aromatic rings. The molecule has 33 heavy (non-hydrogen) atoms. The molecule has 0 saturated carbocycles. The van der Waals surface area contributed by atoms with Gasteiger partial charge in [0.1, 0.15) is 5.82 Å². The number of benzene rings is 3. The second kappa shape index (κ2) is 10.7. The van der Waals surface area contributed by atoms with E-state index in [1.807, 2.05) is 43.3 Å². The van der Waals surface area contributed by atoms with Gasteiger partial charge in [-0.15, -0.1) is 0 Å². The molecular weight excluding hydrogens is 439 g/mol. The van der Waals surface area contributed by atoms with Gasteiger partial charge in [-0.1, -0.05) is 54.6 Å². The number of nitrogens with one attached hydrogen (secondary N) is 1. The summed E-state index contributed by atoms with van der Waals surface area (Å²) in [4.78, 5) is 13.1. The SMILES string of the molecule is Cc1ccc(C)c(S(=O)(=O)N(CCc2ccccc2)CC(=O)N[C@H](C)c2ccc(F)cc2)c1. The van der Waals surface area contributed by atoms with Gasteiger partial charge in [0.15, 0.2) is 0 Å². The van der Waals surface area contributed by atoms with E-state index in [0.717, 1.165) is 16.7 Å². The fraction of sp³-hybridized carbons (Fsp3) is 0.269. The van der Waals surface area contributed by atoms with Crippen molar-refractivity contribution < 1.29 is 17.6 Å². The maximum Gasteiger partial charge on any atom is 0.243 e. The minimum absolute atomic E-state index is 0.165. The highest BCUT2D eigenvalue weighted by Gasteiger charge is 2.28. The summed E-state index contributed by atoms with van der Waals surface area (Å²) in [5, 5.41) is 2.83. The van der Waals surface area contributed by atoms with E-state index in [9.17, 15) is 17.6 Å². The summed E-state index contributed by atoms with van der Waals surface area (Å²) in [6.07, 6.45) is 0.478. The Balaban J connectivity index is 1.82. The summed E-state index contributed by atoms with van der Waals surface area (Å²) in [5.41, 5.74) is 3.18. The normalized spacial score (nSPS) is 12.5. The van der Waals surface area contributed by atoms with Crippen molar-refractivity contribution in [2.24, 2.45) is 0 Å². The number of sulfonamides is 1. The predicted molar refractivity (Wildman–Crippen MR) is 128 cm³/mol. The highest BCUT2D eigenvalue weighted by Crippen LogP contribution is 2.22. The summed E-state index contributed by atoms with van der Waals surface area (Å²) in [6.45, 7) is 5.22. The number of nitrogens with zero attached hydrogens (tertiary/aromatic N) is 1. The molecule has 0 aliphatic rings. The summed E-state index contributed by atoms with van der Waals surface area (Å²) in [6, 6.07) is 20.3. The van der Waals surface area contributed by atoms with Gasteiger partial charge < -0.3 is 5.32 Å². The fourth-order valence-electron chi connectivity index (χ4n) is 3.59. The van der Waals surface area contributed by atoms with E-state index in [4.69, 9.17) is 0 Å². The van der Waals surface area contributed by atoms with Crippen molar-refractivity contribution in [3.8, 4) is 0 Å². The molecule has 0 aliphatic heterocycles. The van der Waals surface area contributed by atoms with E-state index in [1.165, 1.54) is 16.4 Å². The van der Waals surface area contributed by atoms with Crippen LogP contribution in [0.2, 0.25) is 0 Å². The highest BCUT2D eigenvalue weighted by atomic mass is 32.2. The van der Waals surface area contributed by atoms with Crippen LogP contribution in [0.4, 0.5) is 4.39 Å².